The van der Waals surface area contributed by atoms with Crippen LogP contribution in [-0.4, -0.2) is 12.3 Å². The maximum Gasteiger partial charge on any atom is 0.126 e. The normalized spacial score (nSPS) is 31.6. The van der Waals surface area contributed by atoms with Crippen molar-refractivity contribution in [3.8, 4) is 0 Å². The molecule has 3 nitrogen and oxygen atoms in total. The second kappa shape index (κ2) is 3.90. The molecule has 2 N–H and O–H groups in total. The van der Waals surface area contributed by atoms with E-state index in [-0.39, 0.29) is 18.0 Å². The van der Waals surface area contributed by atoms with Crippen molar-refractivity contribution in [1.82, 2.24) is 10.9 Å². The monoisotopic (exact) mass is 190 g/mol. The molecule has 3 heteroatoms. The number of hydrogen-bond donors (Lipinski definition) is 2. The third-order valence-corrected chi connectivity index (χ3v) is 2.74. The highest BCUT2D eigenvalue weighted by atomic mass is 16.1. The minimum Gasteiger partial charge on any atom is -0.303 e. The molecule has 0 aliphatic carbocycles. The van der Waals surface area contributed by atoms with E-state index in [0.717, 1.165) is 11.8 Å². The Kier molecular flexibility index (Phi) is 2.61. The molecule has 0 aromatic heterocycles. The summed E-state index contributed by atoms with van der Waals surface area (Å²) in [5.74, 6) is 0.0115. The highest BCUT2D eigenvalue weighted by Crippen LogP contribution is 2.26. The number of hydrazine groups is 1. The largest absolute Gasteiger partial charge is 0.303 e. The van der Waals surface area contributed by atoms with Crippen LogP contribution in [0, 0.1) is 5.92 Å². The molecule has 1 aromatic rings. The molecule has 1 aliphatic heterocycles. The Hall–Kier alpha value is -1.19. The SMILES string of the molecule is CC1NNC(c2ccccc2)C1C=O. The van der Waals surface area contributed by atoms with Crippen molar-refractivity contribution in [2.24, 2.45) is 5.92 Å². The quantitative estimate of drug-likeness (QED) is 0.685. The zero-order chi connectivity index (χ0) is 9.97. The number of carbonyl (C=O) groups excluding carboxylic acids is 1. The minimum absolute atomic E-state index is 0.0115. The van der Waals surface area contributed by atoms with E-state index in [2.05, 4.69) is 10.9 Å². The van der Waals surface area contributed by atoms with Crippen LogP contribution in [0.25, 0.3) is 0 Å². The number of carbonyl (C=O) groups is 1. The summed E-state index contributed by atoms with van der Waals surface area (Å²) in [7, 11) is 0. The van der Waals surface area contributed by atoms with Crippen molar-refractivity contribution in [2.75, 3.05) is 0 Å². The van der Waals surface area contributed by atoms with Crippen molar-refractivity contribution >= 4 is 6.29 Å². The molecule has 2 rings (SSSR count). The summed E-state index contributed by atoms with van der Waals surface area (Å²) in [6.07, 6.45) is 1.02. The van der Waals surface area contributed by atoms with Crippen LogP contribution in [0.2, 0.25) is 0 Å². The smallest absolute Gasteiger partial charge is 0.126 e. The van der Waals surface area contributed by atoms with E-state index in [1.165, 1.54) is 0 Å². The second-order valence-electron chi connectivity index (χ2n) is 3.68. The van der Waals surface area contributed by atoms with Crippen LogP contribution in [0.5, 0.6) is 0 Å². The molecule has 1 saturated heterocycles. The van der Waals surface area contributed by atoms with E-state index in [1.807, 2.05) is 37.3 Å². The van der Waals surface area contributed by atoms with Crippen LogP contribution >= 0.6 is 0 Å². The summed E-state index contributed by atoms with van der Waals surface area (Å²) in [6, 6.07) is 10.3. The number of hydrogen-bond acceptors (Lipinski definition) is 3. The highest BCUT2D eigenvalue weighted by molar-refractivity contribution is 5.57. The molecule has 0 radical (unpaired) electrons. The lowest BCUT2D eigenvalue weighted by Crippen LogP contribution is -2.29. The van der Waals surface area contributed by atoms with Gasteiger partial charge in [0, 0.05) is 6.04 Å². The second-order valence-corrected chi connectivity index (χ2v) is 3.68. The van der Waals surface area contributed by atoms with Gasteiger partial charge in [0.2, 0.25) is 0 Å². The number of aldehydes is 1. The Morgan fingerprint density at radius 1 is 1.21 bits per heavy atom. The minimum atomic E-state index is 0.0115. The predicted molar refractivity (Wildman–Crippen MR) is 54.5 cm³/mol. The third-order valence-electron chi connectivity index (χ3n) is 2.74. The van der Waals surface area contributed by atoms with Crippen LogP contribution < -0.4 is 10.9 Å². The molecular weight excluding hydrogens is 176 g/mol. The molecule has 74 valence electrons. The van der Waals surface area contributed by atoms with E-state index in [0.29, 0.717) is 0 Å². The van der Waals surface area contributed by atoms with Gasteiger partial charge in [0.05, 0.1) is 12.0 Å². The molecule has 0 bridgehead atoms. The van der Waals surface area contributed by atoms with E-state index >= 15 is 0 Å². The van der Waals surface area contributed by atoms with Crippen LogP contribution in [0.3, 0.4) is 0 Å². The van der Waals surface area contributed by atoms with Gasteiger partial charge in [-0.2, -0.15) is 0 Å². The van der Waals surface area contributed by atoms with Gasteiger partial charge < -0.3 is 4.79 Å². The summed E-state index contributed by atoms with van der Waals surface area (Å²) < 4.78 is 0. The average molecular weight is 190 g/mol. The van der Waals surface area contributed by atoms with Gasteiger partial charge in [0.15, 0.2) is 0 Å². The van der Waals surface area contributed by atoms with E-state index in [9.17, 15) is 4.79 Å². The molecular formula is C11H14N2O. The van der Waals surface area contributed by atoms with E-state index in [1.54, 1.807) is 0 Å². The Morgan fingerprint density at radius 3 is 2.57 bits per heavy atom. The van der Waals surface area contributed by atoms with Crippen molar-refractivity contribution < 1.29 is 4.79 Å². The van der Waals surface area contributed by atoms with Gasteiger partial charge in [0.25, 0.3) is 0 Å². The lowest BCUT2D eigenvalue weighted by molar-refractivity contribution is -0.111. The van der Waals surface area contributed by atoms with Crippen molar-refractivity contribution in [2.45, 2.75) is 19.0 Å². The third kappa shape index (κ3) is 1.56. The Labute approximate surface area is 83.5 Å². The summed E-state index contributed by atoms with van der Waals surface area (Å²) in [6.45, 7) is 2.01. The van der Waals surface area contributed by atoms with Crippen LogP contribution in [0.1, 0.15) is 18.5 Å². The zero-order valence-electron chi connectivity index (χ0n) is 8.10. The number of rotatable bonds is 2. The van der Waals surface area contributed by atoms with Gasteiger partial charge in [0.1, 0.15) is 6.29 Å². The molecule has 3 atom stereocenters. The maximum absolute atomic E-state index is 10.9. The Bertz CT molecular complexity index is 312. The van der Waals surface area contributed by atoms with Gasteiger partial charge in [-0.1, -0.05) is 30.3 Å². The van der Waals surface area contributed by atoms with Gasteiger partial charge in [-0.05, 0) is 12.5 Å². The van der Waals surface area contributed by atoms with Gasteiger partial charge in [-0.3, -0.25) is 5.43 Å². The topological polar surface area (TPSA) is 41.1 Å². The lowest BCUT2D eigenvalue weighted by atomic mass is 9.92. The van der Waals surface area contributed by atoms with Gasteiger partial charge >= 0.3 is 0 Å². The average Bonchev–Trinajstić information content (AvgIpc) is 2.61. The van der Waals surface area contributed by atoms with Gasteiger partial charge in [-0.15, -0.1) is 0 Å². The first-order chi connectivity index (χ1) is 6.83. The number of benzene rings is 1. The summed E-state index contributed by atoms with van der Waals surface area (Å²) in [5.41, 5.74) is 7.38. The molecule has 1 fully saturated rings. The highest BCUT2D eigenvalue weighted by Gasteiger charge is 2.33. The van der Waals surface area contributed by atoms with E-state index < -0.39 is 0 Å². The molecule has 0 spiro atoms. The molecule has 0 saturated carbocycles. The molecule has 0 amide bonds. The molecule has 1 aromatic carbocycles. The fourth-order valence-electron chi connectivity index (χ4n) is 1.86. The summed E-state index contributed by atoms with van der Waals surface area (Å²) >= 11 is 0. The summed E-state index contributed by atoms with van der Waals surface area (Å²) in [5, 5.41) is 0. The number of nitrogens with one attached hydrogen (secondary N) is 2. The first kappa shape index (κ1) is 9.37. The fraction of sp³-hybridized carbons (Fsp3) is 0.364. The molecule has 1 heterocycles. The lowest BCUT2D eigenvalue weighted by Gasteiger charge is -2.14. The fourth-order valence-corrected chi connectivity index (χ4v) is 1.86. The molecule has 3 unspecified atom stereocenters. The maximum atomic E-state index is 10.9. The molecule has 14 heavy (non-hydrogen) atoms. The standard InChI is InChI=1S/C11H14N2O/c1-8-10(7-14)11(13-12-8)9-5-3-2-4-6-9/h2-8,10-13H,1H3. The van der Waals surface area contributed by atoms with Crippen LogP contribution in [0.4, 0.5) is 0 Å². The van der Waals surface area contributed by atoms with E-state index in [4.69, 9.17) is 0 Å². The zero-order valence-corrected chi connectivity index (χ0v) is 8.10. The summed E-state index contributed by atoms with van der Waals surface area (Å²) in [4.78, 5) is 10.9. The Balaban J connectivity index is 2.23. The van der Waals surface area contributed by atoms with Crippen molar-refractivity contribution in [3.63, 3.8) is 0 Å². The van der Waals surface area contributed by atoms with Gasteiger partial charge in [-0.25, -0.2) is 5.43 Å². The first-order valence-electron chi connectivity index (χ1n) is 4.84. The Morgan fingerprint density at radius 2 is 1.93 bits per heavy atom. The predicted octanol–water partition coefficient (Wildman–Crippen LogP) is 1.04. The molecule has 1 aliphatic rings. The first-order valence-corrected chi connectivity index (χ1v) is 4.84. The van der Waals surface area contributed by atoms with Crippen LogP contribution in [0.15, 0.2) is 30.3 Å². The van der Waals surface area contributed by atoms with Crippen molar-refractivity contribution in [1.29, 1.82) is 0 Å². The van der Waals surface area contributed by atoms with Crippen LogP contribution in [-0.2, 0) is 4.79 Å². The van der Waals surface area contributed by atoms with Crippen molar-refractivity contribution in [3.05, 3.63) is 35.9 Å².